The fourth-order valence-corrected chi connectivity index (χ4v) is 1.39. The van der Waals surface area contributed by atoms with Gasteiger partial charge in [-0.1, -0.05) is 30.3 Å². The van der Waals surface area contributed by atoms with Crippen LogP contribution in [0.2, 0.25) is 0 Å². The van der Waals surface area contributed by atoms with Crippen molar-refractivity contribution in [3.8, 4) is 0 Å². The number of imidazole rings is 1. The lowest BCUT2D eigenvalue weighted by atomic mass is 10.2. The van der Waals surface area contributed by atoms with Crippen LogP contribution in [0.4, 0.5) is 0 Å². The minimum absolute atomic E-state index is 0.163. The molecule has 1 aromatic carbocycles. The van der Waals surface area contributed by atoms with Crippen LogP contribution < -0.4 is 10.7 Å². The molecular formula is C13H13N5O2. The average molecular weight is 271 g/mol. The third-order valence-electron chi connectivity index (χ3n) is 2.35. The highest BCUT2D eigenvalue weighted by Crippen LogP contribution is 1.93. The van der Waals surface area contributed by atoms with Crippen LogP contribution >= 0.6 is 0 Å². The maximum atomic E-state index is 11.5. The third-order valence-corrected chi connectivity index (χ3v) is 2.35. The minimum Gasteiger partial charge on any atom is -0.342 e. The van der Waals surface area contributed by atoms with Crippen molar-refractivity contribution < 1.29 is 9.59 Å². The van der Waals surface area contributed by atoms with Crippen molar-refractivity contribution in [2.24, 2.45) is 5.10 Å². The Kier molecular flexibility index (Phi) is 4.60. The van der Waals surface area contributed by atoms with Gasteiger partial charge in [0.2, 0.25) is 0 Å². The highest BCUT2D eigenvalue weighted by Gasteiger charge is 2.07. The molecule has 0 spiro atoms. The summed E-state index contributed by atoms with van der Waals surface area (Å²) in [4.78, 5) is 29.3. The number of hydrogen-bond acceptors (Lipinski definition) is 4. The van der Waals surface area contributed by atoms with Crippen molar-refractivity contribution in [1.29, 1.82) is 0 Å². The number of hydrogen-bond donors (Lipinski definition) is 3. The van der Waals surface area contributed by atoms with Crippen molar-refractivity contribution in [3.63, 3.8) is 0 Å². The summed E-state index contributed by atoms with van der Waals surface area (Å²) in [5, 5.41) is 6.22. The van der Waals surface area contributed by atoms with Gasteiger partial charge in [0.25, 0.3) is 11.8 Å². The van der Waals surface area contributed by atoms with Gasteiger partial charge < -0.3 is 10.3 Å². The molecule has 0 aliphatic carbocycles. The number of H-pyrrole nitrogens is 1. The molecule has 0 fully saturated rings. The zero-order valence-corrected chi connectivity index (χ0v) is 10.5. The summed E-state index contributed by atoms with van der Waals surface area (Å²) >= 11 is 0. The maximum Gasteiger partial charge on any atom is 0.269 e. The number of benzene rings is 1. The Labute approximate surface area is 115 Å². The molecule has 0 aliphatic heterocycles. The van der Waals surface area contributed by atoms with Gasteiger partial charge >= 0.3 is 0 Å². The van der Waals surface area contributed by atoms with E-state index in [9.17, 15) is 9.59 Å². The highest BCUT2D eigenvalue weighted by molar-refractivity contribution is 5.94. The van der Waals surface area contributed by atoms with E-state index in [2.05, 4.69) is 25.8 Å². The standard InChI is InChI=1S/C13H13N5O2/c19-12(8-15-13(20)11-7-14-9-16-11)18-17-6-10-4-2-1-3-5-10/h1-7,9H,8H2,(H,14,16)(H,15,20)(H,18,19). The lowest BCUT2D eigenvalue weighted by Crippen LogP contribution is -2.35. The molecule has 1 aromatic heterocycles. The highest BCUT2D eigenvalue weighted by atomic mass is 16.2. The van der Waals surface area contributed by atoms with E-state index < -0.39 is 11.8 Å². The molecular weight excluding hydrogens is 258 g/mol. The fraction of sp³-hybridized carbons (Fsp3) is 0.0769. The van der Waals surface area contributed by atoms with Gasteiger partial charge in [0, 0.05) is 0 Å². The van der Waals surface area contributed by atoms with E-state index >= 15 is 0 Å². The predicted octanol–water partition coefficient (Wildman–Crippen LogP) is 0.290. The molecule has 0 radical (unpaired) electrons. The molecule has 2 rings (SSSR count). The molecule has 0 atom stereocenters. The average Bonchev–Trinajstić information content (AvgIpc) is 3.00. The zero-order valence-electron chi connectivity index (χ0n) is 10.5. The SMILES string of the molecule is O=C(CNC(=O)c1cnc[nH]1)NN=Cc1ccccc1. The van der Waals surface area contributed by atoms with E-state index in [1.54, 1.807) is 0 Å². The number of amides is 2. The molecule has 7 heteroatoms. The number of aromatic nitrogens is 2. The van der Waals surface area contributed by atoms with Crippen LogP contribution in [-0.2, 0) is 4.79 Å². The summed E-state index contributed by atoms with van der Waals surface area (Å²) < 4.78 is 0. The maximum absolute atomic E-state index is 11.5. The zero-order chi connectivity index (χ0) is 14.2. The Morgan fingerprint density at radius 3 is 2.80 bits per heavy atom. The van der Waals surface area contributed by atoms with Crippen LogP contribution in [0.3, 0.4) is 0 Å². The molecule has 0 saturated carbocycles. The molecule has 3 N–H and O–H groups in total. The summed E-state index contributed by atoms with van der Waals surface area (Å²) in [5.41, 5.74) is 3.49. The van der Waals surface area contributed by atoms with Gasteiger partial charge in [-0.15, -0.1) is 0 Å². The van der Waals surface area contributed by atoms with Crippen molar-refractivity contribution in [2.75, 3.05) is 6.54 Å². The van der Waals surface area contributed by atoms with E-state index in [-0.39, 0.29) is 6.54 Å². The molecule has 7 nitrogen and oxygen atoms in total. The molecule has 1 heterocycles. The molecule has 0 bridgehead atoms. The van der Waals surface area contributed by atoms with E-state index in [0.717, 1.165) is 5.56 Å². The summed E-state index contributed by atoms with van der Waals surface area (Å²) in [6, 6.07) is 9.34. The van der Waals surface area contributed by atoms with Crippen molar-refractivity contribution >= 4 is 18.0 Å². The normalized spacial score (nSPS) is 10.4. The van der Waals surface area contributed by atoms with Crippen LogP contribution in [0, 0.1) is 0 Å². The Balaban J connectivity index is 1.73. The van der Waals surface area contributed by atoms with Gasteiger partial charge in [-0.3, -0.25) is 9.59 Å². The Morgan fingerprint density at radius 2 is 2.10 bits per heavy atom. The third kappa shape index (κ3) is 4.05. The topological polar surface area (TPSA) is 99.2 Å². The van der Waals surface area contributed by atoms with Crippen LogP contribution in [0.1, 0.15) is 16.1 Å². The van der Waals surface area contributed by atoms with Crippen molar-refractivity contribution in [2.45, 2.75) is 0 Å². The number of nitrogens with zero attached hydrogens (tertiary/aromatic N) is 2. The van der Waals surface area contributed by atoms with Crippen LogP contribution in [-0.4, -0.2) is 34.5 Å². The Hall–Kier alpha value is -2.96. The molecule has 0 unspecified atom stereocenters. The van der Waals surface area contributed by atoms with Crippen molar-refractivity contribution in [1.82, 2.24) is 20.7 Å². The number of carbonyl (C=O) groups is 2. The second kappa shape index (κ2) is 6.83. The number of rotatable bonds is 5. The lowest BCUT2D eigenvalue weighted by molar-refractivity contribution is -0.120. The fourth-order valence-electron chi connectivity index (χ4n) is 1.39. The first kappa shape index (κ1) is 13.5. The predicted molar refractivity (Wildman–Crippen MR) is 73.1 cm³/mol. The molecule has 0 saturated heterocycles. The summed E-state index contributed by atoms with van der Waals surface area (Å²) in [7, 11) is 0. The largest absolute Gasteiger partial charge is 0.342 e. The number of aromatic amines is 1. The summed E-state index contributed by atoms with van der Waals surface area (Å²) in [5.74, 6) is -0.810. The molecule has 2 amide bonds. The second-order valence-electron chi connectivity index (χ2n) is 3.85. The minimum atomic E-state index is -0.412. The molecule has 2 aromatic rings. The van der Waals surface area contributed by atoms with E-state index in [0.29, 0.717) is 5.69 Å². The van der Waals surface area contributed by atoms with Gasteiger partial charge in [-0.25, -0.2) is 10.4 Å². The summed E-state index contributed by atoms with van der Waals surface area (Å²) in [6.45, 7) is -0.163. The summed E-state index contributed by atoms with van der Waals surface area (Å²) in [6.07, 6.45) is 4.29. The molecule has 0 aliphatic rings. The first-order valence-electron chi connectivity index (χ1n) is 5.89. The van der Waals surface area contributed by atoms with E-state index in [1.165, 1.54) is 18.7 Å². The van der Waals surface area contributed by atoms with Gasteiger partial charge in [-0.05, 0) is 5.56 Å². The molecule has 20 heavy (non-hydrogen) atoms. The van der Waals surface area contributed by atoms with Gasteiger partial charge in [-0.2, -0.15) is 5.10 Å². The Morgan fingerprint density at radius 1 is 1.30 bits per heavy atom. The Bertz CT molecular complexity index is 592. The quantitative estimate of drug-likeness (QED) is 0.538. The number of carbonyl (C=O) groups excluding carboxylic acids is 2. The lowest BCUT2D eigenvalue weighted by Gasteiger charge is -2.01. The van der Waals surface area contributed by atoms with E-state index in [1.807, 2.05) is 30.3 Å². The second-order valence-corrected chi connectivity index (χ2v) is 3.85. The first-order valence-corrected chi connectivity index (χ1v) is 5.89. The smallest absolute Gasteiger partial charge is 0.269 e. The van der Waals surface area contributed by atoms with Gasteiger partial charge in [0.05, 0.1) is 25.3 Å². The van der Waals surface area contributed by atoms with Gasteiger partial charge in [0.15, 0.2) is 0 Å². The van der Waals surface area contributed by atoms with Crippen LogP contribution in [0.5, 0.6) is 0 Å². The van der Waals surface area contributed by atoms with Crippen LogP contribution in [0.15, 0.2) is 48.0 Å². The number of nitrogens with one attached hydrogen (secondary N) is 3. The van der Waals surface area contributed by atoms with Crippen molar-refractivity contribution in [3.05, 3.63) is 54.1 Å². The van der Waals surface area contributed by atoms with Gasteiger partial charge in [0.1, 0.15) is 5.69 Å². The molecule has 102 valence electrons. The number of hydrazone groups is 1. The van der Waals surface area contributed by atoms with Crippen LogP contribution in [0.25, 0.3) is 0 Å². The van der Waals surface area contributed by atoms with E-state index in [4.69, 9.17) is 0 Å². The monoisotopic (exact) mass is 271 g/mol. The first-order chi connectivity index (χ1) is 9.75.